The summed E-state index contributed by atoms with van der Waals surface area (Å²) in [6.07, 6.45) is 2.25. The molecule has 0 aliphatic carbocycles. The number of nitrogen functional groups attached to an aromatic ring is 1. The first-order valence-electron chi connectivity index (χ1n) is 6.28. The molecule has 2 rings (SSSR count). The summed E-state index contributed by atoms with van der Waals surface area (Å²) in [5.74, 6) is 0.669. The highest BCUT2D eigenvalue weighted by molar-refractivity contribution is 9.10. The Balaban J connectivity index is 1.90. The number of hydrogen-bond acceptors (Lipinski definition) is 4. The molecule has 0 saturated heterocycles. The number of nitrogens with zero attached hydrogens (tertiary/aromatic N) is 2. The van der Waals surface area contributed by atoms with Gasteiger partial charge < -0.3 is 10.5 Å². The maximum atomic E-state index is 11.9. The predicted molar refractivity (Wildman–Crippen MR) is 81.9 cm³/mol. The van der Waals surface area contributed by atoms with Crippen molar-refractivity contribution in [2.75, 3.05) is 12.3 Å². The minimum atomic E-state index is -0.0725. The second-order valence-corrected chi connectivity index (χ2v) is 5.18. The first-order valence-corrected chi connectivity index (χ1v) is 7.07. The number of benzene rings is 1. The lowest BCUT2D eigenvalue weighted by Gasteiger charge is -2.10. The number of para-hydroxylation sites is 2. The number of anilines is 1. The Bertz CT molecular complexity index is 655. The van der Waals surface area contributed by atoms with Gasteiger partial charge in [0.2, 0.25) is 0 Å². The van der Waals surface area contributed by atoms with E-state index in [1.165, 1.54) is 0 Å². The van der Waals surface area contributed by atoms with E-state index >= 15 is 0 Å². The number of nitrogens with two attached hydrogens (primary N) is 1. The van der Waals surface area contributed by atoms with E-state index in [1.54, 1.807) is 23.9 Å². The van der Waals surface area contributed by atoms with Crippen LogP contribution in [0.25, 0.3) is 0 Å². The Labute approximate surface area is 125 Å². The highest BCUT2D eigenvalue weighted by atomic mass is 79.9. The molecule has 5 nitrogen and oxygen atoms in total. The third-order valence-electron chi connectivity index (χ3n) is 2.88. The molecule has 0 amide bonds. The summed E-state index contributed by atoms with van der Waals surface area (Å²) in [6, 6.07) is 7.35. The molecule has 2 N–H and O–H groups in total. The Morgan fingerprint density at radius 2 is 2.15 bits per heavy atom. The molecular weight excluding hydrogens is 322 g/mol. The first kappa shape index (κ1) is 14.6. The molecule has 1 heterocycles. The lowest BCUT2D eigenvalue weighted by Crippen LogP contribution is -2.23. The first-order chi connectivity index (χ1) is 9.59. The molecular formula is C14H16BrN3O2. The molecule has 0 radical (unpaired) electrons. The van der Waals surface area contributed by atoms with Gasteiger partial charge in [0.15, 0.2) is 0 Å². The van der Waals surface area contributed by atoms with Gasteiger partial charge in [-0.25, -0.2) is 4.98 Å². The molecule has 20 heavy (non-hydrogen) atoms. The molecule has 0 aliphatic rings. The normalized spacial score (nSPS) is 10.5. The molecule has 2 aromatic rings. The minimum Gasteiger partial charge on any atom is -0.491 e. The van der Waals surface area contributed by atoms with Crippen LogP contribution in [0.1, 0.15) is 12.1 Å². The SMILES string of the molecule is Cc1ncn(CCCOc2ccccc2N)c(=O)c1Br. The van der Waals surface area contributed by atoms with E-state index < -0.39 is 0 Å². The molecule has 6 heteroatoms. The van der Waals surface area contributed by atoms with Crippen molar-refractivity contribution < 1.29 is 4.74 Å². The quantitative estimate of drug-likeness (QED) is 0.671. The summed E-state index contributed by atoms with van der Waals surface area (Å²) in [5, 5.41) is 0. The average molecular weight is 338 g/mol. The fourth-order valence-electron chi connectivity index (χ4n) is 1.73. The fourth-order valence-corrected chi connectivity index (χ4v) is 2.06. The molecule has 1 aromatic carbocycles. The van der Waals surface area contributed by atoms with Crippen LogP contribution >= 0.6 is 15.9 Å². The van der Waals surface area contributed by atoms with E-state index in [0.29, 0.717) is 41.2 Å². The lowest BCUT2D eigenvalue weighted by molar-refractivity contribution is 0.302. The van der Waals surface area contributed by atoms with Crippen molar-refractivity contribution in [2.24, 2.45) is 0 Å². The van der Waals surface area contributed by atoms with Crippen molar-refractivity contribution in [3.63, 3.8) is 0 Å². The van der Waals surface area contributed by atoms with Crippen LogP contribution in [0.3, 0.4) is 0 Å². The third-order valence-corrected chi connectivity index (χ3v) is 3.79. The van der Waals surface area contributed by atoms with Crippen LogP contribution in [0.4, 0.5) is 5.69 Å². The van der Waals surface area contributed by atoms with Crippen molar-refractivity contribution >= 4 is 21.6 Å². The Hall–Kier alpha value is -1.82. The van der Waals surface area contributed by atoms with Crippen molar-refractivity contribution in [3.8, 4) is 5.75 Å². The summed E-state index contributed by atoms with van der Waals surface area (Å²) in [7, 11) is 0. The fraction of sp³-hybridized carbons (Fsp3) is 0.286. The van der Waals surface area contributed by atoms with Gasteiger partial charge in [-0.1, -0.05) is 12.1 Å². The van der Waals surface area contributed by atoms with Gasteiger partial charge in [0.25, 0.3) is 5.56 Å². The van der Waals surface area contributed by atoms with Gasteiger partial charge in [0, 0.05) is 6.54 Å². The van der Waals surface area contributed by atoms with Gasteiger partial charge in [0.1, 0.15) is 10.2 Å². The Morgan fingerprint density at radius 1 is 1.40 bits per heavy atom. The minimum absolute atomic E-state index is 0.0725. The second-order valence-electron chi connectivity index (χ2n) is 4.38. The molecule has 0 saturated carbocycles. The zero-order valence-electron chi connectivity index (χ0n) is 11.2. The third kappa shape index (κ3) is 3.39. The summed E-state index contributed by atoms with van der Waals surface area (Å²) in [4.78, 5) is 16.1. The van der Waals surface area contributed by atoms with Crippen LogP contribution in [0.5, 0.6) is 5.75 Å². The maximum Gasteiger partial charge on any atom is 0.267 e. The van der Waals surface area contributed by atoms with Crippen molar-refractivity contribution in [1.29, 1.82) is 0 Å². The molecule has 0 aliphatic heterocycles. The number of aromatic nitrogens is 2. The van der Waals surface area contributed by atoms with Gasteiger partial charge >= 0.3 is 0 Å². The van der Waals surface area contributed by atoms with Crippen LogP contribution in [-0.2, 0) is 6.54 Å². The monoisotopic (exact) mass is 337 g/mol. The van der Waals surface area contributed by atoms with E-state index in [1.807, 2.05) is 18.2 Å². The average Bonchev–Trinajstić information content (AvgIpc) is 2.45. The molecule has 106 valence electrons. The summed E-state index contributed by atoms with van der Waals surface area (Å²) in [6.45, 7) is 2.83. The standard InChI is InChI=1S/C14H16BrN3O2/c1-10-13(15)14(19)18(9-17-10)7-4-8-20-12-6-3-2-5-11(12)16/h2-3,5-6,9H,4,7-8,16H2,1H3. The van der Waals surface area contributed by atoms with E-state index in [-0.39, 0.29) is 5.56 Å². The van der Waals surface area contributed by atoms with Crippen LogP contribution in [-0.4, -0.2) is 16.2 Å². The zero-order valence-corrected chi connectivity index (χ0v) is 12.8. The summed E-state index contributed by atoms with van der Waals surface area (Å²) >= 11 is 3.24. The smallest absolute Gasteiger partial charge is 0.267 e. The number of aryl methyl sites for hydroxylation is 2. The molecule has 0 atom stereocenters. The molecule has 0 spiro atoms. The van der Waals surface area contributed by atoms with Crippen LogP contribution in [0.2, 0.25) is 0 Å². The Morgan fingerprint density at radius 3 is 2.90 bits per heavy atom. The van der Waals surface area contributed by atoms with Crippen LogP contribution < -0.4 is 16.0 Å². The lowest BCUT2D eigenvalue weighted by atomic mass is 10.3. The number of hydrogen-bond donors (Lipinski definition) is 1. The zero-order chi connectivity index (χ0) is 14.5. The topological polar surface area (TPSA) is 70.1 Å². The van der Waals surface area contributed by atoms with Gasteiger partial charge in [0.05, 0.1) is 24.3 Å². The van der Waals surface area contributed by atoms with Gasteiger partial charge in [-0.05, 0) is 41.4 Å². The van der Waals surface area contributed by atoms with Crippen molar-refractivity contribution in [1.82, 2.24) is 9.55 Å². The summed E-state index contributed by atoms with van der Waals surface area (Å²) < 4.78 is 7.65. The molecule has 0 fully saturated rings. The van der Waals surface area contributed by atoms with E-state index in [4.69, 9.17) is 10.5 Å². The maximum absolute atomic E-state index is 11.9. The second kappa shape index (κ2) is 6.56. The highest BCUT2D eigenvalue weighted by Crippen LogP contribution is 2.19. The van der Waals surface area contributed by atoms with E-state index in [0.717, 1.165) is 0 Å². The van der Waals surface area contributed by atoms with E-state index in [9.17, 15) is 4.79 Å². The van der Waals surface area contributed by atoms with E-state index in [2.05, 4.69) is 20.9 Å². The number of ether oxygens (including phenoxy) is 1. The van der Waals surface area contributed by atoms with Crippen molar-refractivity contribution in [2.45, 2.75) is 19.9 Å². The van der Waals surface area contributed by atoms with Crippen molar-refractivity contribution in [3.05, 3.63) is 51.1 Å². The van der Waals surface area contributed by atoms with Gasteiger partial charge in [-0.3, -0.25) is 9.36 Å². The van der Waals surface area contributed by atoms with Gasteiger partial charge in [-0.15, -0.1) is 0 Å². The van der Waals surface area contributed by atoms with Crippen LogP contribution in [0.15, 0.2) is 39.9 Å². The van der Waals surface area contributed by atoms with Crippen LogP contribution in [0, 0.1) is 6.92 Å². The van der Waals surface area contributed by atoms with Gasteiger partial charge in [-0.2, -0.15) is 0 Å². The molecule has 0 bridgehead atoms. The predicted octanol–water partition coefficient (Wildman–Crippen LogP) is 2.37. The number of halogens is 1. The molecule has 1 aromatic heterocycles. The largest absolute Gasteiger partial charge is 0.491 e. The Kier molecular flexibility index (Phi) is 4.79. The molecule has 0 unspecified atom stereocenters. The highest BCUT2D eigenvalue weighted by Gasteiger charge is 2.05. The summed E-state index contributed by atoms with van der Waals surface area (Å²) in [5.41, 5.74) is 7.01. The number of rotatable bonds is 5.